The Morgan fingerprint density at radius 1 is 0.581 bits per heavy atom. The van der Waals surface area contributed by atoms with Crippen LogP contribution < -0.4 is 24.8 Å². The molecule has 3 aromatic rings. The van der Waals surface area contributed by atoms with Crippen LogP contribution in [0.3, 0.4) is 0 Å². The largest absolute Gasteiger partial charge is 0.491 e. The molecule has 0 bridgehead atoms. The topological polar surface area (TPSA) is 186 Å². The smallest absolute Gasteiger partial charge is 0.413 e. The molecule has 18 nitrogen and oxygen atoms in total. The zero-order chi connectivity index (χ0) is 53.4. The predicted octanol–water partition coefficient (Wildman–Crippen LogP) is 7.67. The van der Waals surface area contributed by atoms with E-state index in [1.165, 1.54) is 0 Å². The first-order valence-corrected chi connectivity index (χ1v) is 29.0. The fourth-order valence-corrected chi connectivity index (χ4v) is 11.0. The highest BCUT2D eigenvalue weighted by Gasteiger charge is 2.19. The van der Waals surface area contributed by atoms with E-state index in [2.05, 4.69) is 117 Å². The maximum absolute atomic E-state index is 11.8. The Labute approximate surface area is 491 Å². The molecule has 0 radical (unpaired) electrons. The Morgan fingerprint density at radius 2 is 1.04 bits per heavy atom. The number of hydrogen-bond acceptors (Lipinski definition) is 17. The Bertz CT molecular complexity index is 2050. The van der Waals surface area contributed by atoms with Gasteiger partial charge in [-0.25, -0.2) is 4.79 Å². The summed E-state index contributed by atoms with van der Waals surface area (Å²) in [5.41, 5.74) is 1.28. The second-order valence-electron chi connectivity index (χ2n) is 17.7. The lowest BCUT2D eigenvalue weighted by Crippen LogP contribution is -2.47. The number of hydrogen-bond donors (Lipinski definition) is 3. The van der Waals surface area contributed by atoms with Gasteiger partial charge in [0.1, 0.15) is 41.9 Å². The molecule has 0 aromatic heterocycles. The first-order valence-electron chi connectivity index (χ1n) is 24.7. The van der Waals surface area contributed by atoms with Crippen molar-refractivity contribution in [3.8, 4) is 23.0 Å². The summed E-state index contributed by atoms with van der Waals surface area (Å²) in [7, 11) is 0. The molecule has 3 aromatic carbocycles. The minimum absolute atomic E-state index is 0.198. The molecule has 1 aliphatic heterocycles. The number of piperazine rings is 1. The van der Waals surface area contributed by atoms with Crippen molar-refractivity contribution < 1.29 is 66.8 Å². The second-order valence-corrected chi connectivity index (χ2v) is 22.4. The molecule has 0 aliphatic carbocycles. The summed E-state index contributed by atoms with van der Waals surface area (Å²) in [6, 6.07) is 15.5. The van der Waals surface area contributed by atoms with Gasteiger partial charge in [-0.3, -0.25) is 15.0 Å². The quantitative estimate of drug-likeness (QED) is 0.0373. The van der Waals surface area contributed by atoms with Crippen LogP contribution in [0.1, 0.15) is 38.3 Å². The molecule has 1 saturated heterocycles. The Hall–Kier alpha value is -1.94. The lowest BCUT2D eigenvalue weighted by Gasteiger charge is -2.34. The van der Waals surface area contributed by atoms with Gasteiger partial charge in [-0.2, -0.15) is 0 Å². The lowest BCUT2D eigenvalue weighted by molar-refractivity contribution is -0.121. The first-order chi connectivity index (χ1) is 35.7. The van der Waals surface area contributed by atoms with Crippen LogP contribution >= 0.6 is 90.4 Å². The molecule has 0 atom stereocenters. The average Bonchev–Trinajstić information content (AvgIpc) is 3.35. The minimum atomic E-state index is -0.578. The van der Waals surface area contributed by atoms with Crippen LogP contribution in [0.5, 0.6) is 23.0 Å². The van der Waals surface area contributed by atoms with Crippen molar-refractivity contribution in [1.29, 1.82) is 0 Å². The highest BCUT2D eigenvalue weighted by atomic mass is 127. The highest BCUT2D eigenvalue weighted by molar-refractivity contribution is 14.1. The molecular formula is C52H74I4N4O14. The Kier molecular flexibility index (Phi) is 33.0. The van der Waals surface area contributed by atoms with Gasteiger partial charge in [-0.15, -0.1) is 0 Å². The average molecular weight is 1490 g/mol. The summed E-state index contributed by atoms with van der Waals surface area (Å²) in [6.45, 7) is 23.4. The van der Waals surface area contributed by atoms with Crippen molar-refractivity contribution in [2.24, 2.45) is 0 Å². The molecular weight excluding hydrogens is 1410 g/mol. The number of carbonyl (C=O) groups is 2. The summed E-state index contributed by atoms with van der Waals surface area (Å²) in [5, 5.41) is 14.7. The number of aliphatic hydroxyl groups is 1. The van der Waals surface area contributed by atoms with Crippen LogP contribution in [0.15, 0.2) is 60.9 Å². The van der Waals surface area contributed by atoms with Gasteiger partial charge >= 0.3 is 6.09 Å². The number of halogens is 4. The molecule has 4 rings (SSSR count). The van der Waals surface area contributed by atoms with E-state index < -0.39 is 18.3 Å². The minimum Gasteiger partial charge on any atom is -0.491 e. The van der Waals surface area contributed by atoms with Crippen molar-refractivity contribution in [1.82, 2.24) is 20.4 Å². The van der Waals surface area contributed by atoms with E-state index in [1.54, 1.807) is 20.8 Å². The normalized spacial score (nSPS) is 13.2. The van der Waals surface area contributed by atoms with Gasteiger partial charge in [0.05, 0.1) is 113 Å². The molecule has 0 spiro atoms. The molecule has 414 valence electrons. The third kappa shape index (κ3) is 28.6. The Morgan fingerprint density at radius 3 is 1.53 bits per heavy atom. The maximum Gasteiger partial charge on any atom is 0.413 e. The molecule has 1 heterocycles. The number of carbonyl (C=O) groups excluding carboxylic acids is 2. The van der Waals surface area contributed by atoms with Crippen LogP contribution in [0, 0.1) is 14.3 Å². The van der Waals surface area contributed by atoms with Crippen LogP contribution in [0.2, 0.25) is 0 Å². The molecule has 3 N–H and O–H groups in total. The van der Waals surface area contributed by atoms with E-state index in [0.29, 0.717) is 118 Å². The third-order valence-electron chi connectivity index (χ3n) is 10.5. The number of nitrogens with one attached hydrogen (secondary N) is 2. The summed E-state index contributed by atoms with van der Waals surface area (Å²) in [4.78, 5) is 28.5. The number of ether oxygens (including phenoxy) is 11. The van der Waals surface area contributed by atoms with Crippen LogP contribution in [0.25, 0.3) is 0 Å². The first kappa shape index (κ1) is 64.6. The van der Waals surface area contributed by atoms with Crippen LogP contribution in [0.4, 0.5) is 4.79 Å². The van der Waals surface area contributed by atoms with E-state index >= 15 is 0 Å². The van der Waals surface area contributed by atoms with Gasteiger partial charge in [0, 0.05) is 52.2 Å². The van der Waals surface area contributed by atoms with Gasteiger partial charge in [0.2, 0.25) is 0 Å². The molecule has 1 fully saturated rings. The van der Waals surface area contributed by atoms with Crippen molar-refractivity contribution >= 4 is 102 Å². The number of nitrogens with zero attached hydrogens (tertiary/aromatic N) is 2. The fraction of sp³-hybridized carbons (Fsp3) is 0.577. The van der Waals surface area contributed by atoms with Crippen molar-refractivity contribution in [2.75, 3.05) is 152 Å². The number of benzene rings is 3. The molecule has 0 saturated carbocycles. The SMILES string of the molecule is C=C(NCc1ccc(OCCOCCOCCOCCOCCOCCOCCOCCN2CCN(CCCOc3c(I)cc(Oc4c(I)cc(CC(=O)CO)cc4I)cc3I)CC2)cc1)NC(=O)OC(C)(C)C. The van der Waals surface area contributed by atoms with Gasteiger partial charge in [0.25, 0.3) is 0 Å². The number of aliphatic hydroxyl groups excluding tert-OH is 1. The number of amides is 1. The molecule has 22 heteroatoms. The molecule has 0 unspecified atom stereocenters. The Balaban J connectivity index is 0.856. The zero-order valence-electron chi connectivity index (χ0n) is 42.9. The van der Waals surface area contributed by atoms with E-state index in [1.807, 2.05) is 48.5 Å². The maximum atomic E-state index is 11.8. The van der Waals surface area contributed by atoms with Crippen molar-refractivity contribution in [3.63, 3.8) is 0 Å². The number of rotatable bonds is 39. The zero-order valence-corrected chi connectivity index (χ0v) is 51.5. The number of alkyl carbamates (subject to hydrolysis) is 1. The van der Waals surface area contributed by atoms with Crippen molar-refractivity contribution in [3.05, 3.63) is 86.3 Å². The highest BCUT2D eigenvalue weighted by Crippen LogP contribution is 2.37. The van der Waals surface area contributed by atoms with Gasteiger partial charge in [-0.05, 0) is 165 Å². The summed E-state index contributed by atoms with van der Waals surface area (Å²) in [6.07, 6.45) is 0.588. The lowest BCUT2D eigenvalue weighted by atomic mass is 10.1. The molecule has 1 amide bonds. The van der Waals surface area contributed by atoms with E-state index in [0.717, 1.165) is 94.1 Å². The predicted molar refractivity (Wildman–Crippen MR) is 316 cm³/mol. The van der Waals surface area contributed by atoms with E-state index in [4.69, 9.17) is 57.2 Å². The van der Waals surface area contributed by atoms with E-state index in [9.17, 15) is 9.59 Å². The van der Waals surface area contributed by atoms with Gasteiger partial charge in [-0.1, -0.05) is 18.7 Å². The van der Waals surface area contributed by atoms with Gasteiger partial charge in [0.15, 0.2) is 11.5 Å². The summed E-state index contributed by atoms with van der Waals surface area (Å²) >= 11 is 9.05. The molecule has 74 heavy (non-hydrogen) atoms. The van der Waals surface area contributed by atoms with Crippen LogP contribution in [-0.4, -0.2) is 184 Å². The fourth-order valence-electron chi connectivity index (χ4n) is 6.86. The van der Waals surface area contributed by atoms with E-state index in [-0.39, 0.29) is 12.2 Å². The van der Waals surface area contributed by atoms with Crippen molar-refractivity contribution in [2.45, 2.75) is 45.8 Å². The second kappa shape index (κ2) is 37.8. The number of Topliss-reactive ketones (excluding diaryl/α,β-unsaturated/α-hetero) is 1. The third-order valence-corrected chi connectivity index (χ3v) is 13.7. The monoisotopic (exact) mass is 1490 g/mol. The molecule has 1 aliphatic rings. The van der Waals surface area contributed by atoms with Crippen LogP contribution in [-0.2, 0) is 55.7 Å². The summed E-state index contributed by atoms with van der Waals surface area (Å²) < 4.78 is 66.6. The summed E-state index contributed by atoms with van der Waals surface area (Å²) in [5.74, 6) is 3.23. The standard InChI is InChI=1S/C52H74I4N4O14/c1-39(58-51(63)74-52(2,3)4)57-37-40-6-8-43(9-7-40)71-31-30-70-29-28-69-27-26-68-25-24-67-23-22-66-21-20-65-19-18-64-17-15-60-13-11-59(12-14-60)10-5-16-72-49-47(55)35-44(36-48(49)56)73-50-45(53)33-41(34-46(50)54)32-42(62)38-61/h6-9,33-36,57,61H,1,5,10-32,37-38H2,2-4H3,(H,58,63). The number of ketones is 1. The van der Waals surface area contributed by atoms with Gasteiger partial charge < -0.3 is 67.4 Å².